The van der Waals surface area contributed by atoms with Crippen molar-refractivity contribution in [3.63, 3.8) is 0 Å². The normalized spacial score (nSPS) is 16.8. The van der Waals surface area contributed by atoms with Crippen LogP contribution in [0, 0.1) is 0 Å². The van der Waals surface area contributed by atoms with Crippen molar-refractivity contribution in [3.8, 4) is 5.75 Å². The average molecular weight is 412 g/mol. The molecule has 158 valence electrons. The van der Waals surface area contributed by atoms with Crippen molar-refractivity contribution < 1.29 is 17.9 Å². The van der Waals surface area contributed by atoms with Crippen LogP contribution in [0.1, 0.15) is 39.0 Å². The Bertz CT molecular complexity index is 713. The van der Waals surface area contributed by atoms with E-state index in [1.165, 1.54) is 37.0 Å². The van der Waals surface area contributed by atoms with Gasteiger partial charge >= 0.3 is 0 Å². The summed E-state index contributed by atoms with van der Waals surface area (Å²) in [5, 5.41) is 2.93. The highest BCUT2D eigenvalue weighted by Gasteiger charge is 2.16. The van der Waals surface area contributed by atoms with Crippen LogP contribution in [0.2, 0.25) is 0 Å². The van der Waals surface area contributed by atoms with Crippen LogP contribution in [0.5, 0.6) is 5.75 Å². The zero-order valence-electron chi connectivity index (χ0n) is 17.2. The van der Waals surface area contributed by atoms with Gasteiger partial charge in [0.15, 0.2) is 6.10 Å². The number of hydrogen-bond donors (Lipinski definition) is 1. The van der Waals surface area contributed by atoms with Gasteiger partial charge in [0.25, 0.3) is 5.91 Å². The third kappa shape index (κ3) is 7.31. The molecule has 7 nitrogen and oxygen atoms in total. The number of rotatable bonds is 9. The van der Waals surface area contributed by atoms with Crippen LogP contribution in [0.25, 0.3) is 0 Å². The molecule has 1 aromatic carbocycles. The van der Waals surface area contributed by atoms with Gasteiger partial charge in [-0.05, 0) is 70.1 Å². The first-order chi connectivity index (χ1) is 13.3. The maximum absolute atomic E-state index is 12.2. The van der Waals surface area contributed by atoms with Gasteiger partial charge in [0.05, 0.1) is 11.9 Å². The molecule has 1 atom stereocenters. The maximum atomic E-state index is 12.2. The van der Waals surface area contributed by atoms with Crippen LogP contribution in [0.3, 0.4) is 0 Å². The Morgan fingerprint density at radius 3 is 2.36 bits per heavy atom. The molecule has 1 aliphatic rings. The van der Waals surface area contributed by atoms with E-state index in [2.05, 4.69) is 10.2 Å². The van der Waals surface area contributed by atoms with Gasteiger partial charge in [-0.2, -0.15) is 0 Å². The lowest BCUT2D eigenvalue weighted by Gasteiger charge is -2.20. The van der Waals surface area contributed by atoms with Gasteiger partial charge in [0.2, 0.25) is 10.0 Å². The molecule has 28 heavy (non-hydrogen) atoms. The van der Waals surface area contributed by atoms with Crippen LogP contribution in [0.15, 0.2) is 24.3 Å². The van der Waals surface area contributed by atoms with E-state index in [9.17, 15) is 13.2 Å². The number of ether oxygens (including phenoxy) is 1. The Labute approximate surface area is 169 Å². The van der Waals surface area contributed by atoms with Gasteiger partial charge in [0.1, 0.15) is 5.75 Å². The summed E-state index contributed by atoms with van der Waals surface area (Å²) >= 11 is 0. The van der Waals surface area contributed by atoms with Crippen LogP contribution in [-0.4, -0.2) is 64.8 Å². The number of benzene rings is 1. The summed E-state index contributed by atoms with van der Waals surface area (Å²) in [5.74, 6) is 0.381. The minimum absolute atomic E-state index is 0.145. The second-order valence-corrected chi connectivity index (χ2v) is 9.40. The van der Waals surface area contributed by atoms with Crippen molar-refractivity contribution in [2.45, 2.75) is 45.1 Å². The number of nitrogens with one attached hydrogen (secondary N) is 1. The Balaban J connectivity index is 1.72. The Morgan fingerprint density at radius 2 is 1.79 bits per heavy atom. The van der Waals surface area contributed by atoms with Crippen molar-refractivity contribution >= 4 is 21.6 Å². The summed E-state index contributed by atoms with van der Waals surface area (Å²) in [6.07, 6.45) is 6.67. The zero-order valence-corrected chi connectivity index (χ0v) is 18.0. The van der Waals surface area contributed by atoms with Gasteiger partial charge in [-0.3, -0.25) is 9.10 Å². The number of anilines is 1. The molecular weight excluding hydrogens is 378 g/mol. The third-order valence-corrected chi connectivity index (χ3v) is 6.23. The second kappa shape index (κ2) is 10.7. The van der Waals surface area contributed by atoms with E-state index in [1.54, 1.807) is 31.2 Å². The number of hydrogen-bond acceptors (Lipinski definition) is 5. The summed E-state index contributed by atoms with van der Waals surface area (Å²) in [6.45, 7) is 5.70. The number of carbonyl (C=O) groups excluding carboxylic acids is 1. The number of nitrogens with zero attached hydrogens (tertiary/aromatic N) is 2. The highest BCUT2D eigenvalue weighted by Crippen LogP contribution is 2.21. The predicted molar refractivity (Wildman–Crippen MR) is 112 cm³/mol. The van der Waals surface area contributed by atoms with Gasteiger partial charge in [-0.15, -0.1) is 0 Å². The Morgan fingerprint density at radius 1 is 1.18 bits per heavy atom. The fourth-order valence-corrected chi connectivity index (χ4v) is 3.71. The van der Waals surface area contributed by atoms with Crippen LogP contribution < -0.4 is 14.4 Å². The van der Waals surface area contributed by atoms with E-state index in [4.69, 9.17) is 4.74 Å². The molecule has 2 rings (SSSR count). The molecule has 1 heterocycles. The standard InChI is InChI=1S/C20H33N3O4S/c1-17(20(24)21-13-8-16-23-14-6-4-5-7-15-23)27-19-11-9-18(10-12-19)22(2)28(3,25)26/h9-12,17H,4-8,13-16H2,1-3H3,(H,21,24). The topological polar surface area (TPSA) is 78.9 Å². The minimum Gasteiger partial charge on any atom is -0.481 e. The van der Waals surface area contributed by atoms with E-state index in [-0.39, 0.29) is 5.91 Å². The Kier molecular flexibility index (Phi) is 8.57. The largest absolute Gasteiger partial charge is 0.481 e. The number of amides is 1. The SMILES string of the molecule is CC(Oc1ccc(N(C)S(C)(=O)=O)cc1)C(=O)NCCCN1CCCCCC1. The smallest absolute Gasteiger partial charge is 0.260 e. The minimum atomic E-state index is -3.30. The number of carbonyl (C=O) groups is 1. The average Bonchev–Trinajstić information content (AvgIpc) is 2.93. The van der Waals surface area contributed by atoms with Gasteiger partial charge < -0.3 is 15.0 Å². The van der Waals surface area contributed by atoms with Crippen molar-refractivity contribution in [2.75, 3.05) is 43.8 Å². The van der Waals surface area contributed by atoms with Gasteiger partial charge in [-0.25, -0.2) is 8.42 Å². The van der Waals surface area contributed by atoms with Gasteiger partial charge in [0, 0.05) is 13.6 Å². The van der Waals surface area contributed by atoms with Crippen LogP contribution in [-0.2, 0) is 14.8 Å². The second-order valence-electron chi connectivity index (χ2n) is 7.38. The van der Waals surface area contributed by atoms with E-state index < -0.39 is 16.1 Å². The quantitative estimate of drug-likeness (QED) is 0.631. The van der Waals surface area contributed by atoms with E-state index in [1.807, 2.05) is 0 Å². The lowest BCUT2D eigenvalue weighted by Crippen LogP contribution is -2.38. The molecule has 0 saturated carbocycles. The van der Waals surface area contributed by atoms with Crippen molar-refractivity contribution in [1.82, 2.24) is 10.2 Å². The maximum Gasteiger partial charge on any atom is 0.260 e. The zero-order chi connectivity index (χ0) is 20.6. The molecule has 1 aromatic rings. The molecule has 1 aliphatic heterocycles. The Hall–Kier alpha value is -1.80. The van der Waals surface area contributed by atoms with Gasteiger partial charge in [-0.1, -0.05) is 12.8 Å². The van der Waals surface area contributed by atoms with Crippen LogP contribution in [0.4, 0.5) is 5.69 Å². The molecular formula is C20H33N3O4S. The van der Waals surface area contributed by atoms with Crippen molar-refractivity contribution in [3.05, 3.63) is 24.3 Å². The first-order valence-electron chi connectivity index (χ1n) is 9.98. The van der Waals surface area contributed by atoms with Crippen molar-refractivity contribution in [1.29, 1.82) is 0 Å². The lowest BCUT2D eigenvalue weighted by atomic mass is 10.2. The van der Waals surface area contributed by atoms with Crippen LogP contribution >= 0.6 is 0 Å². The first-order valence-corrected chi connectivity index (χ1v) is 11.8. The summed E-state index contributed by atoms with van der Waals surface area (Å²) in [7, 11) is -1.81. The molecule has 0 aliphatic carbocycles. The highest BCUT2D eigenvalue weighted by atomic mass is 32.2. The molecule has 0 spiro atoms. The van der Waals surface area contributed by atoms with E-state index >= 15 is 0 Å². The number of sulfonamides is 1. The molecule has 1 saturated heterocycles. The summed E-state index contributed by atoms with van der Waals surface area (Å²) in [6, 6.07) is 6.64. The summed E-state index contributed by atoms with van der Waals surface area (Å²) in [5.41, 5.74) is 0.542. The molecule has 0 bridgehead atoms. The molecule has 1 unspecified atom stereocenters. The highest BCUT2D eigenvalue weighted by molar-refractivity contribution is 7.92. The predicted octanol–water partition coefficient (Wildman–Crippen LogP) is 2.23. The van der Waals surface area contributed by atoms with E-state index in [0.29, 0.717) is 18.0 Å². The lowest BCUT2D eigenvalue weighted by molar-refractivity contribution is -0.127. The summed E-state index contributed by atoms with van der Waals surface area (Å²) in [4.78, 5) is 14.7. The molecule has 8 heteroatoms. The molecule has 0 radical (unpaired) electrons. The molecule has 1 N–H and O–H groups in total. The molecule has 1 amide bonds. The van der Waals surface area contributed by atoms with E-state index in [0.717, 1.165) is 32.3 Å². The first kappa shape index (κ1) is 22.5. The third-order valence-electron chi connectivity index (χ3n) is 5.03. The van der Waals surface area contributed by atoms with Crippen molar-refractivity contribution in [2.24, 2.45) is 0 Å². The fourth-order valence-electron chi connectivity index (χ4n) is 3.20. The molecule has 1 fully saturated rings. The number of likely N-dealkylation sites (tertiary alicyclic amines) is 1. The fraction of sp³-hybridized carbons (Fsp3) is 0.650. The summed E-state index contributed by atoms with van der Waals surface area (Å²) < 4.78 is 30.0. The monoisotopic (exact) mass is 411 g/mol. The molecule has 0 aromatic heterocycles.